The number of nitrogens with one attached hydrogen (secondary N) is 1. The summed E-state index contributed by atoms with van der Waals surface area (Å²) < 4.78 is 41.5. The topological polar surface area (TPSA) is 29.1 Å². The van der Waals surface area contributed by atoms with Gasteiger partial charge in [0.25, 0.3) is 5.91 Å². The van der Waals surface area contributed by atoms with E-state index in [1.165, 1.54) is 0 Å². The van der Waals surface area contributed by atoms with Gasteiger partial charge >= 0.3 is 0 Å². The van der Waals surface area contributed by atoms with Gasteiger partial charge in [-0.25, -0.2) is 13.2 Å². The van der Waals surface area contributed by atoms with Gasteiger partial charge in [-0.05, 0) is 66.3 Å². The molecule has 6 heteroatoms. The molecule has 0 bridgehead atoms. The van der Waals surface area contributed by atoms with Gasteiger partial charge in [-0.3, -0.25) is 4.79 Å². The third-order valence-corrected chi connectivity index (χ3v) is 4.45. The first kappa shape index (κ1) is 16.1. The normalized spacial score (nSPS) is 25.1. The molecule has 2 rings (SSSR count). The molecular formula is C15H13F3INO. The number of aryl methyl sites for hydroxylation is 1. The zero-order valence-electron chi connectivity index (χ0n) is 11.4. The molecule has 2 atom stereocenters. The minimum atomic E-state index is -2.69. The van der Waals surface area contributed by atoms with Gasteiger partial charge < -0.3 is 5.32 Å². The Bertz CT molecular complexity index is 652. The first-order valence-electron chi connectivity index (χ1n) is 6.22. The lowest BCUT2D eigenvalue weighted by atomic mass is 9.94. The molecule has 0 saturated heterocycles. The second-order valence-electron chi connectivity index (χ2n) is 5.01. The van der Waals surface area contributed by atoms with Crippen molar-refractivity contribution >= 4 is 28.5 Å². The summed E-state index contributed by atoms with van der Waals surface area (Å²) in [6.07, 6.45) is -0.483. The van der Waals surface area contributed by atoms with E-state index in [1.54, 1.807) is 18.2 Å². The number of benzene rings is 1. The van der Waals surface area contributed by atoms with Crippen molar-refractivity contribution in [2.45, 2.75) is 25.7 Å². The highest BCUT2D eigenvalue weighted by molar-refractivity contribution is 14.1. The maximum atomic E-state index is 13.6. The lowest BCUT2D eigenvalue weighted by Gasteiger charge is -2.25. The van der Waals surface area contributed by atoms with E-state index in [9.17, 15) is 18.0 Å². The predicted molar refractivity (Wildman–Crippen MR) is 83.0 cm³/mol. The summed E-state index contributed by atoms with van der Waals surface area (Å²) in [5, 5.41) is 2.38. The minimum Gasteiger partial charge on any atom is -0.322 e. The number of amides is 1. The van der Waals surface area contributed by atoms with Crippen LogP contribution in [0, 0.1) is 10.5 Å². The monoisotopic (exact) mass is 407 g/mol. The number of carbonyl (C=O) groups is 1. The summed E-state index contributed by atoms with van der Waals surface area (Å²) in [4.78, 5) is 12.0. The molecule has 0 radical (unpaired) electrons. The van der Waals surface area contributed by atoms with Crippen LogP contribution in [0.1, 0.15) is 22.8 Å². The Morgan fingerprint density at radius 3 is 2.67 bits per heavy atom. The quantitative estimate of drug-likeness (QED) is 0.734. The Hall–Kier alpha value is -1.31. The molecule has 1 aromatic rings. The van der Waals surface area contributed by atoms with Gasteiger partial charge in [-0.15, -0.1) is 0 Å². The van der Waals surface area contributed by atoms with Crippen LogP contribution in [0.5, 0.6) is 0 Å². The van der Waals surface area contributed by atoms with Crippen LogP contribution in [-0.4, -0.2) is 17.7 Å². The van der Waals surface area contributed by atoms with E-state index in [4.69, 9.17) is 0 Å². The molecule has 0 aromatic heterocycles. The molecule has 0 aliphatic heterocycles. The second-order valence-corrected chi connectivity index (χ2v) is 6.17. The van der Waals surface area contributed by atoms with Crippen molar-refractivity contribution < 1.29 is 18.0 Å². The fourth-order valence-corrected chi connectivity index (χ4v) is 2.30. The first-order chi connectivity index (χ1) is 9.71. The van der Waals surface area contributed by atoms with E-state index in [-0.39, 0.29) is 5.70 Å². The fourth-order valence-electron chi connectivity index (χ4n) is 1.79. The molecule has 1 aliphatic rings. The lowest BCUT2D eigenvalue weighted by molar-refractivity contribution is 0.0948. The summed E-state index contributed by atoms with van der Waals surface area (Å²) in [7, 11) is 0. The number of rotatable bonds is 2. The molecule has 0 heterocycles. The molecule has 21 heavy (non-hydrogen) atoms. The van der Waals surface area contributed by atoms with Crippen LogP contribution in [0.4, 0.5) is 13.2 Å². The van der Waals surface area contributed by atoms with Gasteiger partial charge in [0.05, 0.1) is 0 Å². The smallest absolute Gasteiger partial charge is 0.255 e. The van der Waals surface area contributed by atoms with Gasteiger partial charge in [0.2, 0.25) is 0 Å². The average Bonchev–Trinajstić information content (AvgIpc) is 2.39. The third-order valence-electron chi connectivity index (χ3n) is 3.28. The van der Waals surface area contributed by atoms with E-state index in [1.807, 2.05) is 6.92 Å². The van der Waals surface area contributed by atoms with Crippen molar-refractivity contribution in [2.75, 3.05) is 0 Å². The molecule has 0 fully saturated rings. The fraction of sp³-hybridized carbons (Fsp3) is 0.267. The minimum absolute atomic E-state index is 0.0873. The predicted octanol–water partition coefficient (Wildman–Crippen LogP) is 4.15. The summed E-state index contributed by atoms with van der Waals surface area (Å²) in [6, 6.07) is 5.06. The molecule has 1 N–H and O–H groups in total. The van der Waals surface area contributed by atoms with Crippen molar-refractivity contribution in [1.82, 2.24) is 5.32 Å². The van der Waals surface area contributed by atoms with Gasteiger partial charge in [-0.1, -0.05) is 6.07 Å². The number of alkyl halides is 2. The van der Waals surface area contributed by atoms with Crippen molar-refractivity contribution in [1.29, 1.82) is 0 Å². The maximum absolute atomic E-state index is 13.6. The molecule has 0 saturated carbocycles. The van der Waals surface area contributed by atoms with Crippen LogP contribution in [-0.2, 0) is 0 Å². The summed E-state index contributed by atoms with van der Waals surface area (Å²) >= 11 is 2.09. The zero-order chi connectivity index (χ0) is 15.8. The van der Waals surface area contributed by atoms with Crippen LogP contribution in [0.25, 0.3) is 0 Å². The second kappa shape index (κ2) is 5.82. The molecule has 112 valence electrons. The Kier molecular flexibility index (Phi) is 4.46. The lowest BCUT2D eigenvalue weighted by Crippen LogP contribution is -2.36. The summed E-state index contributed by atoms with van der Waals surface area (Å²) in [5.41, 5.74) is -1.39. The Morgan fingerprint density at radius 1 is 1.43 bits per heavy atom. The maximum Gasteiger partial charge on any atom is 0.255 e. The molecule has 1 aliphatic carbocycles. The van der Waals surface area contributed by atoms with E-state index in [0.717, 1.165) is 28.2 Å². The van der Waals surface area contributed by atoms with Crippen molar-refractivity contribution in [3.05, 3.63) is 56.6 Å². The van der Waals surface area contributed by atoms with Crippen molar-refractivity contribution in [3.63, 3.8) is 0 Å². The SMILES string of the molecule is Cc1ccc(C(=O)NC2=CC(F)C(C)(F)C(F)=C2)cc1I. The van der Waals surface area contributed by atoms with Crippen LogP contribution < -0.4 is 5.32 Å². The highest BCUT2D eigenvalue weighted by Gasteiger charge is 2.41. The molecular weight excluding hydrogens is 394 g/mol. The van der Waals surface area contributed by atoms with Crippen LogP contribution >= 0.6 is 22.6 Å². The number of hydrogen-bond acceptors (Lipinski definition) is 1. The number of allylic oxidation sites excluding steroid dienone is 3. The third kappa shape index (κ3) is 3.30. The van der Waals surface area contributed by atoms with Crippen LogP contribution in [0.3, 0.4) is 0 Å². The summed E-state index contributed by atoms with van der Waals surface area (Å²) in [6.45, 7) is 2.72. The Balaban J connectivity index is 2.19. The van der Waals surface area contributed by atoms with E-state index >= 15 is 0 Å². The van der Waals surface area contributed by atoms with Crippen LogP contribution in [0.15, 0.2) is 41.9 Å². The average molecular weight is 407 g/mol. The number of carbonyl (C=O) groups excluding carboxylic acids is 1. The van der Waals surface area contributed by atoms with E-state index in [2.05, 4.69) is 27.9 Å². The van der Waals surface area contributed by atoms with Crippen LogP contribution in [0.2, 0.25) is 0 Å². The Labute approximate surface area is 134 Å². The number of hydrogen-bond donors (Lipinski definition) is 1. The highest BCUT2D eigenvalue weighted by atomic mass is 127. The zero-order valence-corrected chi connectivity index (χ0v) is 13.5. The van der Waals surface area contributed by atoms with Gasteiger partial charge in [0.1, 0.15) is 5.83 Å². The number of halogens is 4. The molecule has 2 unspecified atom stereocenters. The van der Waals surface area contributed by atoms with Gasteiger partial charge in [-0.2, -0.15) is 0 Å². The van der Waals surface area contributed by atoms with Crippen molar-refractivity contribution in [3.8, 4) is 0 Å². The summed E-state index contributed by atoms with van der Waals surface area (Å²) in [5.74, 6) is -1.75. The molecule has 1 amide bonds. The Morgan fingerprint density at radius 2 is 2.10 bits per heavy atom. The highest BCUT2D eigenvalue weighted by Crippen LogP contribution is 2.34. The first-order valence-corrected chi connectivity index (χ1v) is 7.29. The standard InChI is InChI=1S/C15H13F3INO/c1-8-3-4-9(5-11(8)19)14(21)20-10-6-12(16)15(2,18)13(17)7-10/h3-7,12H,1-2H3,(H,20,21). The molecule has 1 aromatic carbocycles. The van der Waals surface area contributed by atoms with Gasteiger partial charge in [0.15, 0.2) is 11.8 Å². The molecule has 2 nitrogen and oxygen atoms in total. The largest absolute Gasteiger partial charge is 0.322 e. The van der Waals surface area contributed by atoms with E-state index < -0.39 is 23.6 Å². The van der Waals surface area contributed by atoms with Gasteiger partial charge in [0, 0.05) is 14.8 Å². The van der Waals surface area contributed by atoms with E-state index in [0.29, 0.717) is 5.56 Å². The van der Waals surface area contributed by atoms with Crippen molar-refractivity contribution in [2.24, 2.45) is 0 Å². The molecule has 0 spiro atoms.